The Balaban J connectivity index is 0.954. The predicted octanol–water partition coefficient (Wildman–Crippen LogP) is 7.21. The highest BCUT2D eigenvalue weighted by atomic mass is 35.5. The van der Waals surface area contributed by atoms with Crippen molar-refractivity contribution < 1.29 is 38.5 Å². The van der Waals surface area contributed by atoms with Gasteiger partial charge in [0.2, 0.25) is 17.7 Å². The summed E-state index contributed by atoms with van der Waals surface area (Å²) in [7, 11) is 3.85. The Hall–Kier alpha value is -5.76. The minimum Gasteiger partial charge on any atom is -0.489 e. The topological polar surface area (TPSA) is 203 Å². The SMILES string of the molecule is Cc1ncsc1-c1ccc(CNC(=O)[C@@H]2C[C@@H](O)CN2C(=O)[C@@H](NC(=O)CCCCCOCCOc2cc3ncnc(Nc4ccc(F)c(Cl)c4)c3cc2NC(O)/C=C/CN(C)C)C(C)(C)C)cc1. The number of amides is 3. The number of rotatable bonds is 23. The number of likely N-dealkylation sites (tertiary alicyclic amines) is 1. The number of unbranched alkanes of at least 4 members (excludes halogenated alkanes) is 2. The number of ether oxygens (including phenoxy) is 2. The van der Waals surface area contributed by atoms with Crippen LogP contribution in [0.15, 0.2) is 78.6 Å². The Kier molecular flexibility index (Phi) is 18.8. The summed E-state index contributed by atoms with van der Waals surface area (Å²) in [6, 6.07) is 13.9. The molecule has 6 rings (SSSR count). The number of hydrogen-bond acceptors (Lipinski definition) is 14. The lowest BCUT2D eigenvalue weighted by Crippen LogP contribution is -2.57. The Morgan fingerprint density at radius 3 is 2.52 bits per heavy atom. The zero-order valence-electron chi connectivity index (χ0n) is 39.9. The van der Waals surface area contributed by atoms with Gasteiger partial charge in [0, 0.05) is 56.2 Å². The van der Waals surface area contributed by atoms with Gasteiger partial charge in [-0.25, -0.2) is 19.3 Å². The van der Waals surface area contributed by atoms with Crippen LogP contribution in [0.2, 0.25) is 5.02 Å². The Morgan fingerprint density at radius 2 is 1.81 bits per heavy atom. The van der Waals surface area contributed by atoms with E-state index in [1.165, 1.54) is 23.4 Å². The first-order valence-corrected chi connectivity index (χ1v) is 24.2. The van der Waals surface area contributed by atoms with Crippen LogP contribution in [-0.4, -0.2) is 124 Å². The number of anilines is 3. The largest absolute Gasteiger partial charge is 0.489 e. The number of β-amino-alcohol motifs (C(OH)–C–C–N with tert-alkyl or cyclic N) is 1. The number of aliphatic hydroxyl groups is 2. The molecule has 0 radical (unpaired) electrons. The minimum atomic E-state index is -1.04. The second-order valence-electron chi connectivity index (χ2n) is 18.3. The molecule has 19 heteroatoms. The first-order chi connectivity index (χ1) is 33.0. The van der Waals surface area contributed by atoms with E-state index in [1.54, 1.807) is 35.6 Å². The lowest BCUT2D eigenvalue weighted by Gasteiger charge is -2.35. The second-order valence-corrected chi connectivity index (χ2v) is 19.6. The van der Waals surface area contributed by atoms with Crippen molar-refractivity contribution in [2.45, 2.75) is 90.8 Å². The van der Waals surface area contributed by atoms with Crippen LogP contribution in [0.4, 0.5) is 21.6 Å². The summed E-state index contributed by atoms with van der Waals surface area (Å²) in [6.45, 7) is 9.32. The molecule has 2 aromatic heterocycles. The van der Waals surface area contributed by atoms with Crippen molar-refractivity contribution >= 4 is 68.8 Å². The third kappa shape index (κ3) is 15.1. The standard InChI is InChI=1S/C50H63ClFN9O7S/c1-31-45(69-30-56-31)33-15-13-32(14-16-33)27-53-48(65)41-24-35(62)28-61(41)49(66)46(50(2,3)4)59-44(64)11-8-7-9-20-67-21-22-68-42-26-39-36(25-40(42)58-43(63)12-10-19-60(5)6)47(55-29-54-39)57-34-17-18-38(52)37(51)23-34/h10,12-18,23,25-26,29-30,35,41,43,46,58,62-63H,7-9,11,19-22,24,27-28H2,1-6H3,(H,53,65)(H,59,64)(H,54,55,57)/b12-10+/t35-,41+,43?,46-/m1/s1. The summed E-state index contributed by atoms with van der Waals surface area (Å²) < 4.78 is 25.8. The first kappa shape index (κ1) is 52.6. The lowest BCUT2D eigenvalue weighted by atomic mass is 9.85. The number of halogens is 2. The zero-order chi connectivity index (χ0) is 49.7. The number of thiazole rings is 1. The van der Waals surface area contributed by atoms with Crippen molar-refractivity contribution in [3.63, 3.8) is 0 Å². The molecule has 5 aromatic rings. The highest BCUT2D eigenvalue weighted by Crippen LogP contribution is 2.35. The number of nitrogens with one attached hydrogen (secondary N) is 4. The first-order valence-electron chi connectivity index (χ1n) is 23.0. The van der Waals surface area contributed by atoms with Gasteiger partial charge in [-0.15, -0.1) is 11.3 Å². The van der Waals surface area contributed by atoms with Gasteiger partial charge in [-0.1, -0.05) is 69.1 Å². The highest BCUT2D eigenvalue weighted by Gasteiger charge is 2.44. The third-order valence-electron chi connectivity index (χ3n) is 11.4. The summed E-state index contributed by atoms with van der Waals surface area (Å²) in [6.07, 6.45) is 5.23. The number of likely N-dealkylation sites (N-methyl/N-ethyl adjacent to an activating group) is 1. The zero-order valence-corrected chi connectivity index (χ0v) is 41.5. The molecular weight excluding hydrogens is 925 g/mol. The molecule has 6 N–H and O–H groups in total. The molecule has 3 amide bonds. The summed E-state index contributed by atoms with van der Waals surface area (Å²) >= 11 is 7.58. The third-order valence-corrected chi connectivity index (χ3v) is 12.7. The molecule has 1 saturated heterocycles. The fourth-order valence-electron chi connectivity index (χ4n) is 7.73. The van der Waals surface area contributed by atoms with Crippen molar-refractivity contribution in [3.8, 4) is 16.2 Å². The average molecular weight is 989 g/mol. The molecule has 1 aliphatic heterocycles. The maximum atomic E-state index is 14.1. The number of aromatic nitrogens is 3. The van der Waals surface area contributed by atoms with Gasteiger partial charge in [-0.05, 0) is 80.7 Å². The summed E-state index contributed by atoms with van der Waals surface area (Å²) in [5, 5.41) is 34.1. The molecule has 0 saturated carbocycles. The molecule has 4 atom stereocenters. The fourth-order valence-corrected chi connectivity index (χ4v) is 8.72. The number of carbonyl (C=O) groups excluding carboxylic acids is 3. The minimum absolute atomic E-state index is 0.00444. The number of nitrogens with zero attached hydrogens (tertiary/aromatic N) is 5. The van der Waals surface area contributed by atoms with Crippen LogP contribution in [0.3, 0.4) is 0 Å². The Morgan fingerprint density at radius 1 is 1.03 bits per heavy atom. The number of aliphatic hydroxyl groups excluding tert-OH is 2. The quantitative estimate of drug-likeness (QED) is 0.0218. The average Bonchev–Trinajstić information content (AvgIpc) is 3.92. The molecule has 0 spiro atoms. The van der Waals surface area contributed by atoms with Gasteiger partial charge in [-0.3, -0.25) is 14.4 Å². The van der Waals surface area contributed by atoms with E-state index in [-0.39, 0.29) is 56.0 Å². The monoisotopic (exact) mass is 987 g/mol. The van der Waals surface area contributed by atoms with Crippen LogP contribution >= 0.6 is 22.9 Å². The number of aryl methyl sites for hydroxylation is 1. The Bertz CT molecular complexity index is 2560. The molecule has 3 aromatic carbocycles. The molecule has 1 unspecified atom stereocenters. The lowest BCUT2D eigenvalue weighted by molar-refractivity contribution is -0.144. The van der Waals surface area contributed by atoms with Gasteiger partial charge in [0.15, 0.2) is 0 Å². The van der Waals surface area contributed by atoms with Crippen molar-refractivity contribution in [2.75, 3.05) is 57.6 Å². The highest BCUT2D eigenvalue weighted by molar-refractivity contribution is 7.13. The molecule has 69 heavy (non-hydrogen) atoms. The summed E-state index contributed by atoms with van der Waals surface area (Å²) in [5.74, 6) is -0.719. The summed E-state index contributed by atoms with van der Waals surface area (Å²) in [4.78, 5) is 58.4. The van der Waals surface area contributed by atoms with Gasteiger partial charge < -0.3 is 50.8 Å². The fraction of sp³-hybridized carbons (Fsp3) is 0.440. The molecule has 0 bridgehead atoms. The van der Waals surface area contributed by atoms with Crippen LogP contribution in [0.25, 0.3) is 21.3 Å². The second kappa shape index (κ2) is 24.7. The van der Waals surface area contributed by atoms with Crippen molar-refractivity contribution in [1.82, 2.24) is 35.4 Å². The number of hydrogen-bond donors (Lipinski definition) is 6. The van der Waals surface area contributed by atoms with E-state index >= 15 is 0 Å². The van der Waals surface area contributed by atoms with Crippen molar-refractivity contribution in [3.05, 3.63) is 101 Å². The van der Waals surface area contributed by atoms with E-state index in [0.29, 0.717) is 66.3 Å². The van der Waals surface area contributed by atoms with Crippen molar-refractivity contribution in [1.29, 1.82) is 0 Å². The van der Waals surface area contributed by atoms with Gasteiger partial charge in [0.1, 0.15) is 48.6 Å². The van der Waals surface area contributed by atoms with Gasteiger partial charge in [0.25, 0.3) is 0 Å². The number of benzene rings is 3. The van der Waals surface area contributed by atoms with Crippen LogP contribution < -0.4 is 26.0 Å². The predicted molar refractivity (Wildman–Crippen MR) is 268 cm³/mol. The number of fused-ring (bicyclic) bond motifs is 1. The van der Waals surface area contributed by atoms with Crippen molar-refractivity contribution in [2.24, 2.45) is 5.41 Å². The van der Waals surface area contributed by atoms with E-state index in [9.17, 15) is 29.0 Å². The van der Waals surface area contributed by atoms with Crippen LogP contribution in [0.5, 0.6) is 5.75 Å². The summed E-state index contributed by atoms with van der Waals surface area (Å²) in [5.41, 5.74) is 5.61. The van der Waals surface area contributed by atoms with E-state index in [4.69, 9.17) is 21.1 Å². The Labute approximate surface area is 411 Å². The van der Waals surface area contributed by atoms with E-state index in [2.05, 4.69) is 36.2 Å². The molecule has 370 valence electrons. The molecule has 3 heterocycles. The normalized spacial score (nSPS) is 16.0. The molecule has 16 nitrogen and oxygen atoms in total. The van der Waals surface area contributed by atoms with E-state index < -0.39 is 41.6 Å². The van der Waals surface area contributed by atoms with Crippen LogP contribution in [0.1, 0.15) is 64.1 Å². The van der Waals surface area contributed by atoms with Crippen LogP contribution in [-0.2, 0) is 25.7 Å². The van der Waals surface area contributed by atoms with E-state index in [0.717, 1.165) is 21.7 Å². The van der Waals surface area contributed by atoms with Gasteiger partial charge >= 0.3 is 0 Å². The molecular formula is C50H63ClFN9O7S. The smallest absolute Gasteiger partial charge is 0.246 e. The van der Waals surface area contributed by atoms with Gasteiger partial charge in [0.05, 0.1) is 45.0 Å². The maximum Gasteiger partial charge on any atom is 0.246 e. The maximum absolute atomic E-state index is 14.1. The molecule has 0 aliphatic carbocycles. The van der Waals surface area contributed by atoms with Crippen LogP contribution in [0, 0.1) is 18.2 Å². The number of carbonyl (C=O) groups is 3. The molecule has 1 aliphatic rings. The van der Waals surface area contributed by atoms with E-state index in [1.807, 2.05) is 82.5 Å². The van der Waals surface area contributed by atoms with Gasteiger partial charge in [-0.2, -0.15) is 0 Å². The molecule has 1 fully saturated rings.